The van der Waals surface area contributed by atoms with Crippen molar-refractivity contribution in [3.8, 4) is 0 Å². The van der Waals surface area contributed by atoms with Crippen LogP contribution in [0.4, 0.5) is 0 Å². The summed E-state index contributed by atoms with van der Waals surface area (Å²) in [4.78, 5) is 24.5. The molecule has 8 nitrogen and oxygen atoms in total. The topological polar surface area (TPSA) is 134 Å². The first-order chi connectivity index (χ1) is 13.5. The summed E-state index contributed by atoms with van der Waals surface area (Å²) >= 11 is 0. The fourth-order valence-corrected chi connectivity index (χ4v) is 3.79. The molecule has 0 aromatic rings. The number of methoxy groups -OCH3 is 1. The fourth-order valence-electron chi connectivity index (χ4n) is 3.79. The van der Waals surface area contributed by atoms with Gasteiger partial charge < -0.3 is 29.9 Å². The van der Waals surface area contributed by atoms with Crippen LogP contribution < -0.4 is 0 Å². The Morgan fingerprint density at radius 1 is 1.24 bits per heavy atom. The molecule has 0 unspecified atom stereocenters. The average Bonchev–Trinajstić information content (AvgIpc) is 2.70. The van der Waals surface area contributed by atoms with Crippen molar-refractivity contribution in [2.45, 2.75) is 31.7 Å². The summed E-state index contributed by atoms with van der Waals surface area (Å²) in [5, 5.41) is 39.3. The number of hydrogen-bond donors (Lipinski definition) is 4. The van der Waals surface area contributed by atoms with E-state index in [9.17, 15) is 24.9 Å². The van der Waals surface area contributed by atoms with Crippen LogP contribution in [-0.2, 0) is 19.1 Å². The molecule has 1 fully saturated rings. The van der Waals surface area contributed by atoms with E-state index in [1.54, 1.807) is 13.0 Å². The molecule has 4 N–H and O–H groups in total. The molecule has 6 atom stereocenters. The van der Waals surface area contributed by atoms with E-state index in [1.807, 2.05) is 0 Å². The van der Waals surface area contributed by atoms with Crippen molar-refractivity contribution in [1.29, 1.82) is 0 Å². The van der Waals surface area contributed by atoms with E-state index in [1.165, 1.54) is 0 Å². The molecule has 0 aromatic carbocycles. The van der Waals surface area contributed by atoms with Crippen LogP contribution in [-0.4, -0.2) is 71.0 Å². The smallest absolute Gasteiger partial charge is 0.336 e. The minimum absolute atomic E-state index is 0.117. The van der Waals surface area contributed by atoms with Crippen LogP contribution in [0, 0.1) is 17.3 Å². The Labute approximate surface area is 170 Å². The predicted octanol–water partition coefficient (Wildman–Crippen LogP) is 0.275. The molecule has 1 rings (SSSR count). The highest BCUT2D eigenvalue weighted by Gasteiger charge is 2.53. The normalized spacial score (nSPS) is 30.0. The maximum Gasteiger partial charge on any atom is 0.336 e. The molecule has 8 heteroatoms. The van der Waals surface area contributed by atoms with E-state index in [0.29, 0.717) is 5.57 Å². The molecule has 162 valence electrons. The van der Waals surface area contributed by atoms with E-state index in [0.717, 1.165) is 7.11 Å². The van der Waals surface area contributed by atoms with Crippen LogP contribution in [0.25, 0.3) is 0 Å². The second-order valence-corrected chi connectivity index (χ2v) is 7.41. The van der Waals surface area contributed by atoms with Crippen molar-refractivity contribution in [2.24, 2.45) is 17.3 Å². The zero-order valence-electron chi connectivity index (χ0n) is 16.8. The highest BCUT2D eigenvalue weighted by molar-refractivity contribution is 5.90. The minimum Gasteiger partial charge on any atom is -0.466 e. The summed E-state index contributed by atoms with van der Waals surface area (Å²) in [5.41, 5.74) is -0.999. The average molecular weight is 410 g/mol. The van der Waals surface area contributed by atoms with Gasteiger partial charge in [0.15, 0.2) is 0 Å². The number of carbonyl (C=O) groups excluding carboxylic acids is 2. The lowest BCUT2D eigenvalue weighted by Gasteiger charge is -2.50. The highest BCUT2D eigenvalue weighted by atomic mass is 16.5. The number of carbonyl (C=O) groups is 2. The molecule has 0 aromatic heterocycles. The number of hydrogen-bond acceptors (Lipinski definition) is 8. The van der Waals surface area contributed by atoms with Crippen LogP contribution in [0.5, 0.6) is 0 Å². The molecule has 0 amide bonds. The standard InChI is InChI=1S/C21H30O8/c1-7-21(5)8-15(29-20(27)12(3)14(24)10-23)16(13(4)19(26)28-6)18(25)17(21)11(2)9-22/h7,14-18,22-25H,1-4,8-10H2,5-6H3/t14-,15+,16+,17+,18-,21-/m1/s1. The van der Waals surface area contributed by atoms with Gasteiger partial charge in [0.1, 0.15) is 12.2 Å². The third-order valence-corrected chi connectivity index (χ3v) is 5.52. The molecule has 1 saturated carbocycles. The van der Waals surface area contributed by atoms with Gasteiger partial charge in [0.2, 0.25) is 0 Å². The van der Waals surface area contributed by atoms with Gasteiger partial charge in [-0.2, -0.15) is 0 Å². The monoisotopic (exact) mass is 410 g/mol. The number of aliphatic hydroxyl groups excluding tert-OH is 4. The maximum atomic E-state index is 12.4. The summed E-state index contributed by atoms with van der Waals surface area (Å²) < 4.78 is 10.2. The fraction of sp³-hybridized carbons (Fsp3) is 0.524. The van der Waals surface area contributed by atoms with Crippen LogP contribution in [0.15, 0.2) is 49.1 Å². The van der Waals surface area contributed by atoms with Crippen molar-refractivity contribution in [2.75, 3.05) is 20.3 Å². The Kier molecular flexibility index (Phi) is 8.52. The van der Waals surface area contributed by atoms with Crippen LogP contribution in [0.1, 0.15) is 13.3 Å². The molecular weight excluding hydrogens is 380 g/mol. The number of ether oxygens (including phenoxy) is 2. The van der Waals surface area contributed by atoms with Crippen LogP contribution in [0.2, 0.25) is 0 Å². The Morgan fingerprint density at radius 3 is 2.28 bits per heavy atom. The first-order valence-corrected chi connectivity index (χ1v) is 9.05. The van der Waals surface area contributed by atoms with Crippen molar-refractivity contribution < 1.29 is 39.5 Å². The van der Waals surface area contributed by atoms with Gasteiger partial charge in [-0.15, -0.1) is 6.58 Å². The summed E-state index contributed by atoms with van der Waals surface area (Å²) in [6.07, 6.45) is -2.17. The third-order valence-electron chi connectivity index (χ3n) is 5.52. The van der Waals surface area contributed by atoms with E-state index < -0.39 is 60.7 Å². The molecule has 1 aliphatic carbocycles. The van der Waals surface area contributed by atoms with E-state index in [-0.39, 0.29) is 17.6 Å². The Hall–Kier alpha value is -2.26. The van der Waals surface area contributed by atoms with E-state index in [4.69, 9.17) is 14.6 Å². The first kappa shape index (κ1) is 24.8. The molecule has 0 saturated heterocycles. The van der Waals surface area contributed by atoms with E-state index >= 15 is 0 Å². The Bertz CT molecular complexity index is 697. The highest BCUT2D eigenvalue weighted by Crippen LogP contribution is 2.50. The second kappa shape index (κ2) is 9.98. The first-order valence-electron chi connectivity index (χ1n) is 9.05. The second-order valence-electron chi connectivity index (χ2n) is 7.41. The van der Waals surface area contributed by atoms with Gasteiger partial charge in [0, 0.05) is 11.5 Å². The van der Waals surface area contributed by atoms with E-state index in [2.05, 4.69) is 26.3 Å². The molecule has 1 aliphatic rings. The molecule has 0 spiro atoms. The Morgan fingerprint density at radius 2 is 1.83 bits per heavy atom. The lowest BCUT2D eigenvalue weighted by molar-refractivity contribution is -0.162. The largest absolute Gasteiger partial charge is 0.466 e. The van der Waals surface area contributed by atoms with Gasteiger partial charge in [-0.05, 0) is 17.4 Å². The quantitative estimate of drug-likeness (QED) is 0.242. The van der Waals surface area contributed by atoms with Crippen molar-refractivity contribution in [3.05, 3.63) is 49.1 Å². The molecular formula is C21H30O8. The van der Waals surface area contributed by atoms with Crippen LogP contribution in [0.3, 0.4) is 0 Å². The van der Waals surface area contributed by atoms with Gasteiger partial charge in [-0.3, -0.25) is 0 Å². The SMILES string of the molecule is C=C[C@]1(C)C[C@H](OC(=O)C(=C)[C@H](O)CO)[C@H](C(=C)C(=O)OC)[C@@H](O)[C@@H]1C(=C)CO. The van der Waals surface area contributed by atoms with Gasteiger partial charge >= 0.3 is 11.9 Å². The predicted molar refractivity (Wildman–Crippen MR) is 105 cm³/mol. The lowest BCUT2D eigenvalue weighted by atomic mass is 9.58. The molecule has 0 heterocycles. The van der Waals surface area contributed by atoms with Gasteiger partial charge in [0.25, 0.3) is 0 Å². The number of rotatable bonds is 9. The van der Waals surface area contributed by atoms with Gasteiger partial charge in [-0.25, -0.2) is 9.59 Å². The Balaban J connectivity index is 3.38. The number of allylic oxidation sites excluding steroid dienone is 1. The maximum absolute atomic E-state index is 12.4. The summed E-state index contributed by atoms with van der Waals surface area (Å²) in [6.45, 7) is 15.3. The third kappa shape index (κ3) is 5.02. The van der Waals surface area contributed by atoms with Crippen molar-refractivity contribution >= 4 is 11.9 Å². The summed E-state index contributed by atoms with van der Waals surface area (Å²) in [7, 11) is 1.15. The zero-order chi connectivity index (χ0) is 22.5. The summed E-state index contributed by atoms with van der Waals surface area (Å²) in [6, 6.07) is 0. The van der Waals surface area contributed by atoms with Crippen molar-refractivity contribution in [1.82, 2.24) is 0 Å². The van der Waals surface area contributed by atoms with Crippen LogP contribution >= 0.6 is 0 Å². The van der Waals surface area contributed by atoms with Crippen molar-refractivity contribution in [3.63, 3.8) is 0 Å². The molecule has 29 heavy (non-hydrogen) atoms. The molecule has 0 aliphatic heterocycles. The number of aliphatic hydroxyl groups is 4. The zero-order valence-corrected chi connectivity index (χ0v) is 16.8. The summed E-state index contributed by atoms with van der Waals surface area (Å²) in [5.74, 6) is -3.54. The molecule has 0 bridgehead atoms. The van der Waals surface area contributed by atoms with Gasteiger partial charge in [-0.1, -0.05) is 32.7 Å². The molecule has 0 radical (unpaired) electrons. The van der Waals surface area contributed by atoms with Gasteiger partial charge in [0.05, 0.1) is 37.9 Å². The lowest BCUT2D eigenvalue weighted by Crippen LogP contribution is -2.54. The number of esters is 2. The minimum atomic E-state index is -1.51.